The average molecular weight is 482 g/mol. The van der Waals surface area contributed by atoms with Gasteiger partial charge in [0.1, 0.15) is 6.04 Å². The Morgan fingerprint density at radius 1 is 1.03 bits per heavy atom. The van der Waals surface area contributed by atoms with Crippen LogP contribution in [-0.2, 0) is 14.4 Å². The number of para-hydroxylation sites is 1. The second-order valence-electron chi connectivity index (χ2n) is 9.35. The molecule has 2 saturated heterocycles. The predicted octanol–water partition coefficient (Wildman–Crippen LogP) is 2.08. The smallest absolute Gasteiger partial charge is 0.247 e. The number of aliphatic hydroxyl groups excluding tert-OH is 1. The second-order valence-corrected chi connectivity index (χ2v) is 10.8. The Labute approximate surface area is 204 Å². The van der Waals surface area contributed by atoms with E-state index in [0.717, 1.165) is 18.5 Å². The first-order valence-electron chi connectivity index (χ1n) is 12.1. The first-order valence-corrected chi connectivity index (χ1v) is 13.0. The zero-order chi connectivity index (χ0) is 23.9. The summed E-state index contributed by atoms with van der Waals surface area (Å²) in [5, 5.41) is 9.56. The summed E-state index contributed by atoms with van der Waals surface area (Å²) in [6, 6.07) is 8.81. The standard InChI is InChI=1S/C26H31N3O4S/c1-2-3-13-27-14-8-12-26-21(24(32)29(16-17-30)22(26)25(27)33)20-19(34-26)11-7-15-28(23(20)31)18-9-5-4-6-10-18/h4-12,19-22,30H,2-3,13-17H2,1H3/t19-,20+,21-,22?,26-/m0/s1. The van der Waals surface area contributed by atoms with Gasteiger partial charge in [-0.1, -0.05) is 55.8 Å². The fourth-order valence-corrected chi connectivity index (χ4v) is 7.93. The van der Waals surface area contributed by atoms with Gasteiger partial charge in [0.05, 0.1) is 23.2 Å². The van der Waals surface area contributed by atoms with Crippen LogP contribution < -0.4 is 4.90 Å². The molecular weight excluding hydrogens is 450 g/mol. The Bertz CT molecular complexity index is 1030. The number of carbonyl (C=O) groups is 3. The number of fused-ring (bicyclic) bond motifs is 2. The lowest BCUT2D eigenvalue weighted by Crippen LogP contribution is -2.53. The molecule has 4 heterocycles. The minimum absolute atomic E-state index is 0.0805. The molecule has 8 heteroatoms. The first-order chi connectivity index (χ1) is 16.5. The number of likely N-dealkylation sites (tertiary alicyclic amines) is 1. The van der Waals surface area contributed by atoms with Gasteiger partial charge >= 0.3 is 0 Å². The Morgan fingerprint density at radius 3 is 2.56 bits per heavy atom. The van der Waals surface area contributed by atoms with E-state index in [1.165, 1.54) is 0 Å². The van der Waals surface area contributed by atoms with Crippen molar-refractivity contribution in [1.29, 1.82) is 0 Å². The monoisotopic (exact) mass is 481 g/mol. The fourth-order valence-electron chi connectivity index (χ4n) is 5.92. The number of rotatable bonds is 6. The van der Waals surface area contributed by atoms with E-state index in [9.17, 15) is 19.5 Å². The molecule has 1 spiro atoms. The van der Waals surface area contributed by atoms with E-state index in [1.807, 2.05) is 59.5 Å². The molecule has 1 aromatic carbocycles. The maximum Gasteiger partial charge on any atom is 0.247 e. The molecule has 34 heavy (non-hydrogen) atoms. The number of unbranched alkanes of at least 4 members (excludes halogenated alkanes) is 1. The first kappa shape index (κ1) is 23.2. The van der Waals surface area contributed by atoms with E-state index in [1.54, 1.807) is 21.6 Å². The molecule has 0 saturated carbocycles. The highest BCUT2D eigenvalue weighted by Gasteiger charge is 2.70. The molecule has 180 valence electrons. The van der Waals surface area contributed by atoms with Crippen LogP contribution in [0.4, 0.5) is 5.69 Å². The minimum Gasteiger partial charge on any atom is -0.395 e. The lowest BCUT2D eigenvalue weighted by atomic mass is 9.78. The van der Waals surface area contributed by atoms with Crippen LogP contribution in [0, 0.1) is 11.8 Å². The minimum atomic E-state index is -0.820. The van der Waals surface area contributed by atoms with Crippen molar-refractivity contribution in [3.8, 4) is 0 Å². The van der Waals surface area contributed by atoms with Crippen LogP contribution in [0.25, 0.3) is 0 Å². The van der Waals surface area contributed by atoms with Crippen LogP contribution >= 0.6 is 11.8 Å². The molecule has 3 amide bonds. The summed E-state index contributed by atoms with van der Waals surface area (Å²) in [6.45, 7) is 3.54. The quantitative estimate of drug-likeness (QED) is 0.630. The molecule has 0 aliphatic carbocycles. The molecule has 7 nitrogen and oxygen atoms in total. The highest BCUT2D eigenvalue weighted by Crippen LogP contribution is 2.61. The van der Waals surface area contributed by atoms with Crippen LogP contribution in [0.2, 0.25) is 0 Å². The molecule has 5 rings (SSSR count). The highest BCUT2D eigenvalue weighted by atomic mass is 32.2. The SMILES string of the molecule is CCCCN1CC=C[C@]23S[C@H]4C=CCN(c5ccccc5)C(=O)[C@H]4[C@H]2C(=O)N(CCO)C3C1=O. The third-order valence-electron chi connectivity index (χ3n) is 7.43. The number of benzene rings is 1. The third-order valence-corrected chi connectivity index (χ3v) is 9.18. The lowest BCUT2D eigenvalue weighted by Gasteiger charge is -2.35. The van der Waals surface area contributed by atoms with Gasteiger partial charge in [-0.2, -0.15) is 0 Å². The third kappa shape index (κ3) is 3.50. The normalized spacial score (nSPS) is 32.5. The molecule has 0 radical (unpaired) electrons. The van der Waals surface area contributed by atoms with Gasteiger partial charge in [0.25, 0.3) is 0 Å². The molecule has 4 aliphatic rings. The Morgan fingerprint density at radius 2 is 1.82 bits per heavy atom. The molecule has 1 aromatic rings. The summed E-state index contributed by atoms with van der Waals surface area (Å²) in [5.74, 6) is -1.58. The van der Waals surface area contributed by atoms with Gasteiger partial charge in [-0.15, -0.1) is 11.8 Å². The summed E-state index contributed by atoms with van der Waals surface area (Å²) in [7, 11) is 0. The number of hydrogen-bond donors (Lipinski definition) is 1. The van der Waals surface area contributed by atoms with E-state index in [2.05, 4.69) is 6.92 Å². The number of thioether (sulfide) groups is 1. The molecule has 5 atom stereocenters. The number of anilines is 1. The van der Waals surface area contributed by atoms with Crippen LogP contribution in [0.15, 0.2) is 54.6 Å². The summed E-state index contributed by atoms with van der Waals surface area (Å²) in [4.78, 5) is 46.8. The zero-order valence-corrected chi connectivity index (χ0v) is 20.2. The fraction of sp³-hybridized carbons (Fsp3) is 0.500. The van der Waals surface area contributed by atoms with Crippen molar-refractivity contribution in [2.24, 2.45) is 11.8 Å². The van der Waals surface area contributed by atoms with Gasteiger partial charge in [0.2, 0.25) is 17.7 Å². The van der Waals surface area contributed by atoms with E-state index in [-0.39, 0.29) is 36.1 Å². The van der Waals surface area contributed by atoms with Crippen molar-refractivity contribution in [3.05, 3.63) is 54.6 Å². The van der Waals surface area contributed by atoms with Crippen LogP contribution in [0.1, 0.15) is 19.8 Å². The van der Waals surface area contributed by atoms with E-state index in [4.69, 9.17) is 0 Å². The molecule has 1 N–H and O–H groups in total. The predicted molar refractivity (Wildman–Crippen MR) is 132 cm³/mol. The van der Waals surface area contributed by atoms with Gasteiger partial charge in [0, 0.05) is 37.1 Å². The van der Waals surface area contributed by atoms with Crippen molar-refractivity contribution < 1.29 is 19.5 Å². The Balaban J connectivity index is 1.57. The average Bonchev–Trinajstić information content (AvgIpc) is 3.15. The van der Waals surface area contributed by atoms with Crippen molar-refractivity contribution in [2.45, 2.75) is 35.8 Å². The number of β-amino-alcohol motifs (C(OH)–C–C–N with tert-alkyl or cyclic N) is 1. The van der Waals surface area contributed by atoms with Gasteiger partial charge in [-0.25, -0.2) is 0 Å². The van der Waals surface area contributed by atoms with E-state index >= 15 is 0 Å². The maximum absolute atomic E-state index is 14.0. The zero-order valence-electron chi connectivity index (χ0n) is 19.4. The number of aliphatic hydroxyl groups is 1. The van der Waals surface area contributed by atoms with Crippen LogP contribution in [0.5, 0.6) is 0 Å². The number of amides is 3. The van der Waals surface area contributed by atoms with Crippen molar-refractivity contribution in [3.63, 3.8) is 0 Å². The van der Waals surface area contributed by atoms with Gasteiger partial charge in [0.15, 0.2) is 0 Å². The number of carbonyl (C=O) groups excluding carboxylic acids is 3. The largest absolute Gasteiger partial charge is 0.395 e. The highest BCUT2D eigenvalue weighted by molar-refractivity contribution is 8.02. The van der Waals surface area contributed by atoms with Crippen LogP contribution in [-0.4, -0.2) is 81.5 Å². The number of hydrogen-bond acceptors (Lipinski definition) is 5. The second kappa shape index (κ2) is 9.23. The van der Waals surface area contributed by atoms with E-state index in [0.29, 0.717) is 19.6 Å². The van der Waals surface area contributed by atoms with Gasteiger partial charge in [-0.3, -0.25) is 14.4 Å². The van der Waals surface area contributed by atoms with E-state index < -0.39 is 22.6 Å². The van der Waals surface area contributed by atoms with Gasteiger partial charge < -0.3 is 19.8 Å². The van der Waals surface area contributed by atoms with Crippen molar-refractivity contribution in [2.75, 3.05) is 37.7 Å². The lowest BCUT2D eigenvalue weighted by molar-refractivity contribution is -0.143. The molecule has 4 aliphatic heterocycles. The van der Waals surface area contributed by atoms with Crippen LogP contribution in [0.3, 0.4) is 0 Å². The van der Waals surface area contributed by atoms with Crippen molar-refractivity contribution >= 4 is 35.2 Å². The summed E-state index contributed by atoms with van der Waals surface area (Å²) in [5.41, 5.74) is 0.802. The number of nitrogens with zero attached hydrogens (tertiary/aromatic N) is 3. The molecule has 2 fully saturated rings. The molecular formula is C26H31N3O4S. The summed E-state index contributed by atoms with van der Waals surface area (Å²) in [6.07, 6.45) is 9.93. The summed E-state index contributed by atoms with van der Waals surface area (Å²) < 4.78 is -0.820. The molecule has 0 bridgehead atoms. The topological polar surface area (TPSA) is 81.2 Å². The van der Waals surface area contributed by atoms with Gasteiger partial charge in [-0.05, 0) is 18.6 Å². The Hall–Kier alpha value is -2.58. The molecule has 0 aromatic heterocycles. The summed E-state index contributed by atoms with van der Waals surface area (Å²) >= 11 is 1.57. The maximum atomic E-state index is 14.0. The Kier molecular flexibility index (Phi) is 6.29. The van der Waals surface area contributed by atoms with Crippen molar-refractivity contribution in [1.82, 2.24) is 9.80 Å². The molecule has 1 unspecified atom stereocenters.